The summed E-state index contributed by atoms with van der Waals surface area (Å²) in [6.07, 6.45) is 2.85. The van der Waals surface area contributed by atoms with Crippen LogP contribution in [0.25, 0.3) is 10.8 Å². The Balaban J connectivity index is 2.56. The fourth-order valence-corrected chi connectivity index (χ4v) is 1.86. The van der Waals surface area contributed by atoms with Crippen molar-refractivity contribution in [3.63, 3.8) is 0 Å². The van der Waals surface area contributed by atoms with Crippen LogP contribution < -0.4 is 0 Å². The second-order valence-corrected chi connectivity index (χ2v) is 4.65. The highest BCUT2D eigenvalue weighted by molar-refractivity contribution is 5.85. The van der Waals surface area contributed by atoms with E-state index in [0.29, 0.717) is 0 Å². The van der Waals surface area contributed by atoms with Crippen molar-refractivity contribution in [1.29, 1.82) is 0 Å². The minimum Gasteiger partial charge on any atom is -0.385 e. The minimum absolute atomic E-state index is 0.621. The Morgan fingerprint density at radius 3 is 2.76 bits per heavy atom. The zero-order chi connectivity index (χ0) is 12.5. The second kappa shape index (κ2) is 4.43. The van der Waals surface area contributed by atoms with Gasteiger partial charge in [-0.1, -0.05) is 18.2 Å². The number of benzene rings is 1. The summed E-state index contributed by atoms with van der Waals surface area (Å²) < 4.78 is 5.33. The molecule has 1 heterocycles. The standard InChI is InChI=1S/C14H17NO2/c1-14(2,17-3)13(16)11-6-4-5-10-7-8-15-9-12(10)11/h4-9,13,16H,1-3H3. The van der Waals surface area contributed by atoms with Crippen molar-refractivity contribution in [2.45, 2.75) is 25.6 Å². The van der Waals surface area contributed by atoms with Crippen LogP contribution in [0.15, 0.2) is 36.7 Å². The van der Waals surface area contributed by atoms with Crippen LogP contribution in [0.1, 0.15) is 25.5 Å². The molecule has 90 valence electrons. The zero-order valence-electron chi connectivity index (χ0n) is 10.3. The van der Waals surface area contributed by atoms with Gasteiger partial charge in [0.2, 0.25) is 0 Å². The lowest BCUT2D eigenvalue weighted by Gasteiger charge is -2.30. The molecule has 1 unspecified atom stereocenters. The highest BCUT2D eigenvalue weighted by Crippen LogP contribution is 2.32. The van der Waals surface area contributed by atoms with E-state index in [1.165, 1.54) is 0 Å². The van der Waals surface area contributed by atoms with Crippen molar-refractivity contribution in [3.8, 4) is 0 Å². The third-order valence-corrected chi connectivity index (χ3v) is 3.20. The van der Waals surface area contributed by atoms with Crippen molar-refractivity contribution in [3.05, 3.63) is 42.2 Å². The fraction of sp³-hybridized carbons (Fsp3) is 0.357. The van der Waals surface area contributed by atoms with Gasteiger partial charge in [0, 0.05) is 24.9 Å². The molecule has 0 bridgehead atoms. The Hall–Kier alpha value is -1.45. The summed E-state index contributed by atoms with van der Waals surface area (Å²) in [6.45, 7) is 3.74. The maximum Gasteiger partial charge on any atom is 0.108 e. The zero-order valence-corrected chi connectivity index (χ0v) is 10.3. The molecule has 0 saturated heterocycles. The molecule has 1 atom stereocenters. The number of hydrogen-bond donors (Lipinski definition) is 1. The molecule has 1 aromatic carbocycles. The van der Waals surface area contributed by atoms with Crippen molar-refractivity contribution in [2.24, 2.45) is 0 Å². The molecule has 0 fully saturated rings. The van der Waals surface area contributed by atoms with Crippen molar-refractivity contribution in [1.82, 2.24) is 4.98 Å². The van der Waals surface area contributed by atoms with Crippen LogP contribution in [0.2, 0.25) is 0 Å². The van der Waals surface area contributed by atoms with E-state index in [1.807, 2.05) is 38.1 Å². The van der Waals surface area contributed by atoms with E-state index in [9.17, 15) is 5.11 Å². The second-order valence-electron chi connectivity index (χ2n) is 4.65. The quantitative estimate of drug-likeness (QED) is 0.883. The largest absolute Gasteiger partial charge is 0.385 e. The van der Waals surface area contributed by atoms with E-state index < -0.39 is 11.7 Å². The van der Waals surface area contributed by atoms with Gasteiger partial charge >= 0.3 is 0 Å². The summed E-state index contributed by atoms with van der Waals surface area (Å²) in [4.78, 5) is 4.11. The van der Waals surface area contributed by atoms with Crippen molar-refractivity contribution in [2.75, 3.05) is 7.11 Å². The lowest BCUT2D eigenvalue weighted by atomic mass is 9.91. The molecule has 2 rings (SSSR count). The Morgan fingerprint density at radius 2 is 2.06 bits per heavy atom. The van der Waals surface area contributed by atoms with Gasteiger partial charge in [-0.05, 0) is 30.9 Å². The predicted molar refractivity (Wildman–Crippen MR) is 67.8 cm³/mol. The topological polar surface area (TPSA) is 42.4 Å². The number of methoxy groups -OCH3 is 1. The van der Waals surface area contributed by atoms with Gasteiger partial charge in [0.1, 0.15) is 6.10 Å². The van der Waals surface area contributed by atoms with Gasteiger partial charge in [0.05, 0.1) is 5.60 Å². The minimum atomic E-state index is -0.680. The molecule has 0 aliphatic heterocycles. The molecule has 2 aromatic rings. The van der Waals surface area contributed by atoms with Gasteiger partial charge in [-0.3, -0.25) is 4.98 Å². The number of ether oxygens (including phenoxy) is 1. The summed E-state index contributed by atoms with van der Waals surface area (Å²) in [5, 5.41) is 12.4. The maximum absolute atomic E-state index is 10.4. The normalized spacial score (nSPS) is 13.9. The van der Waals surface area contributed by atoms with Crippen LogP contribution >= 0.6 is 0 Å². The molecule has 3 nitrogen and oxygen atoms in total. The lowest BCUT2D eigenvalue weighted by Crippen LogP contribution is -2.31. The average molecular weight is 231 g/mol. The van der Waals surface area contributed by atoms with Gasteiger partial charge in [0.25, 0.3) is 0 Å². The summed E-state index contributed by atoms with van der Waals surface area (Å²) >= 11 is 0. The summed E-state index contributed by atoms with van der Waals surface area (Å²) in [7, 11) is 1.60. The third-order valence-electron chi connectivity index (χ3n) is 3.20. The molecule has 3 heteroatoms. The number of aliphatic hydroxyl groups is 1. The SMILES string of the molecule is COC(C)(C)C(O)c1cccc2ccncc12. The smallest absolute Gasteiger partial charge is 0.108 e. The van der Waals surface area contributed by atoms with Crippen molar-refractivity contribution < 1.29 is 9.84 Å². The highest BCUT2D eigenvalue weighted by atomic mass is 16.5. The Bertz CT molecular complexity index is 517. The molecular formula is C14H17NO2. The lowest BCUT2D eigenvalue weighted by molar-refractivity contribution is -0.0787. The molecule has 0 radical (unpaired) electrons. The first kappa shape index (κ1) is 12.0. The van der Waals surface area contributed by atoms with Crippen molar-refractivity contribution >= 4 is 10.8 Å². The number of nitrogens with zero attached hydrogens (tertiary/aromatic N) is 1. The van der Waals surface area contributed by atoms with E-state index in [2.05, 4.69) is 4.98 Å². The number of rotatable bonds is 3. The Kier molecular flexibility index (Phi) is 3.13. The van der Waals surface area contributed by atoms with E-state index in [-0.39, 0.29) is 0 Å². The molecule has 0 saturated carbocycles. The van der Waals surface area contributed by atoms with Crippen LogP contribution in [0.3, 0.4) is 0 Å². The highest BCUT2D eigenvalue weighted by Gasteiger charge is 2.29. The molecule has 1 aromatic heterocycles. The summed E-state index contributed by atoms with van der Waals surface area (Å²) in [6, 6.07) is 7.79. The van der Waals surface area contributed by atoms with Gasteiger partial charge in [0.15, 0.2) is 0 Å². The van der Waals surface area contributed by atoms with Crippen LogP contribution in [0, 0.1) is 0 Å². The first-order chi connectivity index (χ1) is 8.06. The molecule has 0 amide bonds. The van der Waals surface area contributed by atoms with Crippen LogP contribution in [-0.4, -0.2) is 22.8 Å². The van der Waals surface area contributed by atoms with Gasteiger partial charge in [-0.15, -0.1) is 0 Å². The summed E-state index contributed by atoms with van der Waals surface area (Å²) in [5.41, 5.74) is 0.229. The molecule has 17 heavy (non-hydrogen) atoms. The first-order valence-electron chi connectivity index (χ1n) is 5.62. The number of fused-ring (bicyclic) bond motifs is 1. The van der Waals surface area contributed by atoms with E-state index in [0.717, 1.165) is 16.3 Å². The summed E-state index contributed by atoms with van der Waals surface area (Å²) in [5.74, 6) is 0. The number of aliphatic hydroxyl groups excluding tert-OH is 1. The van der Waals surface area contributed by atoms with E-state index in [1.54, 1.807) is 19.5 Å². The van der Waals surface area contributed by atoms with E-state index >= 15 is 0 Å². The van der Waals surface area contributed by atoms with Gasteiger partial charge in [-0.25, -0.2) is 0 Å². The third kappa shape index (κ3) is 2.16. The fourth-order valence-electron chi connectivity index (χ4n) is 1.86. The molecule has 0 aliphatic carbocycles. The molecule has 0 spiro atoms. The first-order valence-corrected chi connectivity index (χ1v) is 5.62. The predicted octanol–water partition coefficient (Wildman–Crippen LogP) is 2.69. The Morgan fingerprint density at radius 1 is 1.29 bits per heavy atom. The maximum atomic E-state index is 10.4. The number of hydrogen-bond acceptors (Lipinski definition) is 3. The average Bonchev–Trinajstić information content (AvgIpc) is 2.37. The number of pyridine rings is 1. The Labute approximate surface area is 101 Å². The number of aromatic nitrogens is 1. The van der Waals surface area contributed by atoms with E-state index in [4.69, 9.17) is 4.74 Å². The molecule has 1 N–H and O–H groups in total. The molecular weight excluding hydrogens is 214 g/mol. The molecule has 0 aliphatic rings. The van der Waals surface area contributed by atoms with Crippen LogP contribution in [-0.2, 0) is 4.74 Å². The van der Waals surface area contributed by atoms with Gasteiger partial charge < -0.3 is 9.84 Å². The van der Waals surface area contributed by atoms with Gasteiger partial charge in [-0.2, -0.15) is 0 Å². The van der Waals surface area contributed by atoms with Crippen LogP contribution in [0.5, 0.6) is 0 Å². The van der Waals surface area contributed by atoms with Crippen LogP contribution in [0.4, 0.5) is 0 Å². The monoisotopic (exact) mass is 231 g/mol.